The van der Waals surface area contributed by atoms with Crippen LogP contribution in [0.15, 0.2) is 12.1 Å². The molecule has 1 atom stereocenters. The van der Waals surface area contributed by atoms with Gasteiger partial charge in [-0.15, -0.1) is 0 Å². The monoisotopic (exact) mass is 347 g/mol. The normalized spacial score (nSPS) is 17.9. The lowest BCUT2D eigenvalue weighted by molar-refractivity contribution is -0.152. The van der Waals surface area contributed by atoms with Crippen LogP contribution < -0.4 is 0 Å². The third kappa shape index (κ3) is 4.60. The summed E-state index contributed by atoms with van der Waals surface area (Å²) in [6.45, 7) is 7.65. The van der Waals surface area contributed by atoms with Crippen molar-refractivity contribution in [2.24, 2.45) is 0 Å². The molecule has 1 heterocycles. The summed E-state index contributed by atoms with van der Waals surface area (Å²) >= 11 is 0. The van der Waals surface area contributed by atoms with E-state index in [0.717, 1.165) is 18.4 Å². The third-order valence-electron chi connectivity index (χ3n) is 4.85. The molecule has 0 N–H and O–H groups in total. The van der Waals surface area contributed by atoms with Gasteiger partial charge in [0.05, 0.1) is 20.1 Å². The molecule has 0 radical (unpaired) electrons. The number of carbonyl (C=O) groups excluding carboxylic acids is 2. The maximum Gasteiger partial charge on any atom is 0.328 e. The summed E-state index contributed by atoms with van der Waals surface area (Å²) in [5.41, 5.74) is 4.76. The van der Waals surface area contributed by atoms with Crippen LogP contribution in [-0.2, 0) is 38.3 Å². The molecule has 0 saturated carbocycles. The van der Waals surface area contributed by atoms with Gasteiger partial charge >= 0.3 is 5.97 Å². The molecule has 5 nitrogen and oxygen atoms in total. The van der Waals surface area contributed by atoms with Crippen LogP contribution >= 0.6 is 0 Å². The number of benzene rings is 1. The van der Waals surface area contributed by atoms with E-state index in [2.05, 4.69) is 32.9 Å². The number of amides is 1. The molecule has 0 aliphatic carbocycles. The molecule has 1 aliphatic heterocycles. The van der Waals surface area contributed by atoms with E-state index in [1.807, 2.05) is 0 Å². The maximum absolute atomic E-state index is 13.0. The second-order valence-corrected chi connectivity index (χ2v) is 6.47. The molecule has 0 bridgehead atoms. The lowest BCUT2D eigenvalue weighted by Crippen LogP contribution is -2.46. The van der Waals surface area contributed by atoms with Crippen molar-refractivity contribution in [1.82, 2.24) is 4.90 Å². The van der Waals surface area contributed by atoms with Gasteiger partial charge < -0.3 is 14.4 Å². The number of ether oxygens (including phenoxy) is 2. The quantitative estimate of drug-likeness (QED) is 0.768. The number of nitrogens with zero attached hydrogens (tertiary/aromatic N) is 1. The Morgan fingerprint density at radius 3 is 2.40 bits per heavy atom. The van der Waals surface area contributed by atoms with Crippen LogP contribution in [0, 0.1) is 6.92 Å². The minimum atomic E-state index is -0.555. The number of hydrogen-bond donors (Lipinski definition) is 0. The highest BCUT2D eigenvalue weighted by molar-refractivity contribution is 5.86. The van der Waals surface area contributed by atoms with Crippen molar-refractivity contribution in [3.8, 4) is 0 Å². The van der Waals surface area contributed by atoms with Gasteiger partial charge in [0.25, 0.3) is 0 Å². The van der Waals surface area contributed by atoms with Crippen molar-refractivity contribution < 1.29 is 19.1 Å². The predicted octanol–water partition coefficient (Wildman–Crippen LogP) is 2.45. The van der Waals surface area contributed by atoms with Crippen LogP contribution in [0.3, 0.4) is 0 Å². The van der Waals surface area contributed by atoms with Gasteiger partial charge in [0.1, 0.15) is 6.04 Å². The topological polar surface area (TPSA) is 55.8 Å². The number of rotatable bonds is 5. The Morgan fingerprint density at radius 2 is 1.84 bits per heavy atom. The summed E-state index contributed by atoms with van der Waals surface area (Å²) in [5, 5.41) is 0. The summed E-state index contributed by atoms with van der Waals surface area (Å²) in [6.07, 6.45) is 2.58. The fourth-order valence-electron chi connectivity index (χ4n) is 3.53. The van der Waals surface area contributed by atoms with E-state index in [9.17, 15) is 9.59 Å². The van der Waals surface area contributed by atoms with Crippen molar-refractivity contribution in [3.05, 3.63) is 34.4 Å². The molecule has 0 spiro atoms. The molecular weight excluding hydrogens is 318 g/mol. The zero-order chi connectivity index (χ0) is 18.4. The Kier molecular flexibility index (Phi) is 7.00. The average Bonchev–Trinajstić information content (AvgIpc) is 2.87. The van der Waals surface area contributed by atoms with E-state index in [0.29, 0.717) is 32.6 Å². The van der Waals surface area contributed by atoms with E-state index in [4.69, 9.17) is 9.47 Å². The molecule has 1 saturated heterocycles. The summed E-state index contributed by atoms with van der Waals surface area (Å²) < 4.78 is 10.3. The predicted molar refractivity (Wildman–Crippen MR) is 96.6 cm³/mol. The first-order valence-electron chi connectivity index (χ1n) is 9.08. The zero-order valence-corrected chi connectivity index (χ0v) is 15.8. The first-order valence-corrected chi connectivity index (χ1v) is 9.08. The molecule has 1 fully saturated rings. The van der Waals surface area contributed by atoms with E-state index in [1.165, 1.54) is 23.8 Å². The van der Waals surface area contributed by atoms with Crippen molar-refractivity contribution in [3.63, 3.8) is 0 Å². The van der Waals surface area contributed by atoms with E-state index in [1.54, 1.807) is 4.90 Å². The van der Waals surface area contributed by atoms with Crippen LogP contribution in [0.2, 0.25) is 0 Å². The van der Waals surface area contributed by atoms with Crippen LogP contribution in [-0.4, -0.2) is 49.7 Å². The van der Waals surface area contributed by atoms with E-state index < -0.39 is 6.04 Å². The first-order chi connectivity index (χ1) is 12.0. The molecular formula is C20H29NO4. The molecule has 138 valence electrons. The highest BCUT2D eigenvalue weighted by Gasteiger charge is 2.32. The van der Waals surface area contributed by atoms with Crippen LogP contribution in [0.1, 0.15) is 42.5 Å². The van der Waals surface area contributed by atoms with Gasteiger partial charge in [0.15, 0.2) is 0 Å². The number of esters is 1. The fourth-order valence-corrected chi connectivity index (χ4v) is 3.53. The van der Waals surface area contributed by atoms with Crippen molar-refractivity contribution in [2.45, 2.75) is 52.5 Å². The SMILES string of the molecule is CCc1cc(C)cc(CC)c1CC(=O)N1CCOCCC1C(=O)OC. The van der Waals surface area contributed by atoms with Crippen molar-refractivity contribution in [2.75, 3.05) is 26.9 Å². The Morgan fingerprint density at radius 1 is 1.20 bits per heavy atom. The number of hydrogen-bond acceptors (Lipinski definition) is 4. The Bertz CT molecular complexity index is 601. The number of aryl methyl sites for hydroxylation is 3. The Hall–Kier alpha value is -1.88. The fraction of sp³-hybridized carbons (Fsp3) is 0.600. The van der Waals surface area contributed by atoms with Gasteiger partial charge in [-0.2, -0.15) is 0 Å². The summed E-state index contributed by atoms with van der Waals surface area (Å²) in [6, 6.07) is 3.76. The highest BCUT2D eigenvalue weighted by atomic mass is 16.5. The molecule has 1 aliphatic rings. The molecule has 2 rings (SSSR count). The standard InChI is InChI=1S/C20H29NO4/c1-5-15-11-14(3)12-16(6-2)17(15)13-19(22)21-8-10-25-9-7-18(21)20(23)24-4/h11-12,18H,5-10,13H2,1-4H3. The third-order valence-corrected chi connectivity index (χ3v) is 4.85. The molecule has 0 aromatic heterocycles. The summed E-state index contributed by atoms with van der Waals surface area (Å²) in [4.78, 5) is 26.8. The number of methoxy groups -OCH3 is 1. The van der Waals surface area contributed by atoms with Gasteiger partial charge in [-0.1, -0.05) is 31.5 Å². The van der Waals surface area contributed by atoms with E-state index in [-0.39, 0.29) is 11.9 Å². The second kappa shape index (κ2) is 8.99. The number of carbonyl (C=O) groups is 2. The molecule has 25 heavy (non-hydrogen) atoms. The molecule has 1 aromatic rings. The largest absolute Gasteiger partial charge is 0.467 e. The summed E-state index contributed by atoms with van der Waals surface area (Å²) in [7, 11) is 1.36. The molecule has 1 amide bonds. The smallest absolute Gasteiger partial charge is 0.328 e. The van der Waals surface area contributed by atoms with E-state index >= 15 is 0 Å². The zero-order valence-electron chi connectivity index (χ0n) is 15.8. The maximum atomic E-state index is 13.0. The Balaban J connectivity index is 2.29. The minimum Gasteiger partial charge on any atom is -0.467 e. The van der Waals surface area contributed by atoms with Crippen LogP contribution in [0.25, 0.3) is 0 Å². The van der Waals surface area contributed by atoms with Gasteiger partial charge in [-0.3, -0.25) is 4.79 Å². The average molecular weight is 347 g/mol. The van der Waals surface area contributed by atoms with Crippen LogP contribution in [0.5, 0.6) is 0 Å². The first kappa shape index (κ1) is 19.4. The Labute approximate surface area is 150 Å². The van der Waals surface area contributed by atoms with Gasteiger partial charge in [0, 0.05) is 19.6 Å². The minimum absolute atomic E-state index is 0.0332. The lowest BCUT2D eigenvalue weighted by Gasteiger charge is -2.28. The van der Waals surface area contributed by atoms with Crippen LogP contribution in [0.4, 0.5) is 0 Å². The lowest BCUT2D eigenvalue weighted by atomic mass is 9.92. The molecule has 1 aromatic carbocycles. The van der Waals surface area contributed by atoms with Gasteiger partial charge in [0.2, 0.25) is 5.91 Å². The van der Waals surface area contributed by atoms with Crippen molar-refractivity contribution in [1.29, 1.82) is 0 Å². The second-order valence-electron chi connectivity index (χ2n) is 6.47. The van der Waals surface area contributed by atoms with Gasteiger partial charge in [-0.25, -0.2) is 4.79 Å². The molecule has 5 heteroatoms. The van der Waals surface area contributed by atoms with Crippen molar-refractivity contribution >= 4 is 11.9 Å². The van der Waals surface area contributed by atoms with Gasteiger partial charge in [-0.05, 0) is 36.5 Å². The highest BCUT2D eigenvalue weighted by Crippen LogP contribution is 2.22. The molecule has 1 unspecified atom stereocenters. The summed E-state index contributed by atoms with van der Waals surface area (Å²) in [5.74, 6) is -0.400.